The van der Waals surface area contributed by atoms with E-state index in [4.69, 9.17) is 5.73 Å². The molecular weight excluding hydrogens is 198 g/mol. The van der Waals surface area contributed by atoms with E-state index in [0.717, 1.165) is 29.3 Å². The van der Waals surface area contributed by atoms with Gasteiger partial charge in [0.25, 0.3) is 0 Å². The topological polar surface area (TPSA) is 43.8 Å². The number of nitrogen functional groups attached to an aromatic ring is 1. The van der Waals surface area contributed by atoms with E-state index in [1.807, 2.05) is 11.6 Å². The fourth-order valence-corrected chi connectivity index (χ4v) is 1.80. The summed E-state index contributed by atoms with van der Waals surface area (Å²) < 4.78 is 1.95. The van der Waals surface area contributed by atoms with Gasteiger partial charge in [0.15, 0.2) is 0 Å². The number of nitrogens with zero attached hydrogens (tertiary/aromatic N) is 2. The van der Waals surface area contributed by atoms with E-state index in [1.54, 1.807) is 0 Å². The maximum Gasteiger partial charge on any atom is 0.131 e. The normalized spacial score (nSPS) is 10.7. The molecule has 1 aromatic carbocycles. The number of imidazole rings is 1. The van der Waals surface area contributed by atoms with E-state index in [9.17, 15) is 0 Å². The molecule has 2 N–H and O–H groups in total. The second kappa shape index (κ2) is 4.00. The minimum Gasteiger partial charge on any atom is -0.383 e. The van der Waals surface area contributed by atoms with Crippen LogP contribution in [0.2, 0.25) is 0 Å². The Labute approximate surface area is 95.9 Å². The van der Waals surface area contributed by atoms with Gasteiger partial charge in [-0.05, 0) is 6.92 Å². The van der Waals surface area contributed by atoms with Crippen LogP contribution in [0.5, 0.6) is 0 Å². The number of hydrogen-bond donors (Lipinski definition) is 1. The molecule has 0 fully saturated rings. The highest BCUT2D eigenvalue weighted by Crippen LogP contribution is 2.25. The molecule has 2 rings (SSSR count). The third-order valence-electron chi connectivity index (χ3n) is 2.87. The summed E-state index contributed by atoms with van der Waals surface area (Å²) in [4.78, 5) is 4.57. The lowest BCUT2D eigenvalue weighted by Crippen LogP contribution is -2.00. The molecule has 0 aliphatic heterocycles. The Balaban J connectivity index is 2.52. The van der Waals surface area contributed by atoms with Crippen LogP contribution in [0.4, 0.5) is 5.82 Å². The highest BCUT2D eigenvalue weighted by Gasteiger charge is 2.11. The van der Waals surface area contributed by atoms with Crippen molar-refractivity contribution in [2.75, 3.05) is 5.73 Å². The number of aryl methyl sites for hydroxylation is 2. The van der Waals surface area contributed by atoms with Crippen LogP contribution in [0.3, 0.4) is 0 Å². The quantitative estimate of drug-likeness (QED) is 0.836. The van der Waals surface area contributed by atoms with Crippen molar-refractivity contribution in [3.63, 3.8) is 0 Å². The molecule has 0 saturated carbocycles. The van der Waals surface area contributed by atoms with Gasteiger partial charge in [0.05, 0.1) is 0 Å². The first-order valence-corrected chi connectivity index (χ1v) is 5.51. The Morgan fingerprint density at radius 3 is 2.38 bits per heavy atom. The van der Waals surface area contributed by atoms with Crippen LogP contribution in [-0.4, -0.2) is 9.55 Å². The van der Waals surface area contributed by atoms with E-state index in [1.165, 1.54) is 5.56 Å². The summed E-state index contributed by atoms with van der Waals surface area (Å²) in [6.45, 7) is 4.16. The zero-order chi connectivity index (χ0) is 11.7. The van der Waals surface area contributed by atoms with Crippen LogP contribution in [0.15, 0.2) is 24.3 Å². The average molecular weight is 215 g/mol. The molecule has 0 aliphatic rings. The molecule has 0 bridgehead atoms. The Morgan fingerprint density at radius 2 is 1.88 bits per heavy atom. The molecule has 84 valence electrons. The van der Waals surface area contributed by atoms with Crippen molar-refractivity contribution in [3.8, 4) is 11.3 Å². The summed E-state index contributed by atoms with van der Waals surface area (Å²) in [7, 11) is 1.96. The molecule has 1 aromatic heterocycles. The summed E-state index contributed by atoms with van der Waals surface area (Å²) >= 11 is 0. The molecule has 0 spiro atoms. The molecule has 2 aromatic rings. The molecule has 3 heteroatoms. The van der Waals surface area contributed by atoms with Crippen molar-refractivity contribution in [1.82, 2.24) is 9.55 Å². The molecule has 0 atom stereocenters. The third kappa shape index (κ3) is 1.69. The van der Waals surface area contributed by atoms with Gasteiger partial charge in [-0.3, -0.25) is 0 Å². The highest BCUT2D eigenvalue weighted by atomic mass is 15.1. The molecule has 0 unspecified atom stereocenters. The summed E-state index contributed by atoms with van der Waals surface area (Å²) in [5.41, 5.74) is 9.26. The molecule has 1 heterocycles. The Morgan fingerprint density at radius 1 is 1.25 bits per heavy atom. The third-order valence-corrected chi connectivity index (χ3v) is 2.87. The Bertz CT molecular complexity index is 495. The van der Waals surface area contributed by atoms with Crippen LogP contribution >= 0.6 is 0 Å². The molecule has 0 saturated heterocycles. The van der Waals surface area contributed by atoms with E-state index in [0.29, 0.717) is 0 Å². The van der Waals surface area contributed by atoms with Crippen LogP contribution < -0.4 is 5.73 Å². The summed E-state index contributed by atoms with van der Waals surface area (Å²) in [5, 5.41) is 0. The van der Waals surface area contributed by atoms with Gasteiger partial charge in [-0.1, -0.05) is 36.8 Å². The highest BCUT2D eigenvalue weighted by molar-refractivity contribution is 5.71. The second-order valence-electron chi connectivity index (χ2n) is 4.04. The van der Waals surface area contributed by atoms with Crippen molar-refractivity contribution in [1.29, 1.82) is 0 Å². The predicted molar refractivity (Wildman–Crippen MR) is 67.2 cm³/mol. The van der Waals surface area contributed by atoms with Gasteiger partial charge >= 0.3 is 0 Å². The van der Waals surface area contributed by atoms with Crippen LogP contribution in [0.25, 0.3) is 11.3 Å². The fourth-order valence-electron chi connectivity index (χ4n) is 1.80. The van der Waals surface area contributed by atoms with Gasteiger partial charge in [0, 0.05) is 19.0 Å². The van der Waals surface area contributed by atoms with Gasteiger partial charge in [0.1, 0.15) is 17.3 Å². The molecule has 16 heavy (non-hydrogen) atoms. The van der Waals surface area contributed by atoms with Crippen LogP contribution in [0.1, 0.15) is 18.3 Å². The average Bonchev–Trinajstić information content (AvgIpc) is 2.57. The summed E-state index contributed by atoms with van der Waals surface area (Å²) in [6, 6.07) is 8.28. The van der Waals surface area contributed by atoms with Crippen molar-refractivity contribution >= 4 is 5.82 Å². The van der Waals surface area contributed by atoms with Gasteiger partial charge in [-0.2, -0.15) is 0 Å². The monoisotopic (exact) mass is 215 g/mol. The van der Waals surface area contributed by atoms with Gasteiger partial charge in [-0.25, -0.2) is 4.98 Å². The Hall–Kier alpha value is -1.77. The lowest BCUT2D eigenvalue weighted by atomic mass is 10.1. The van der Waals surface area contributed by atoms with Crippen molar-refractivity contribution in [2.24, 2.45) is 7.05 Å². The Kier molecular flexibility index (Phi) is 2.69. The lowest BCUT2D eigenvalue weighted by molar-refractivity contribution is 0.816. The van der Waals surface area contributed by atoms with E-state index in [-0.39, 0.29) is 0 Å². The first kappa shape index (κ1) is 10.7. The number of hydrogen-bond acceptors (Lipinski definition) is 2. The maximum absolute atomic E-state index is 6.05. The minimum absolute atomic E-state index is 0.737. The van der Waals surface area contributed by atoms with Gasteiger partial charge < -0.3 is 10.3 Å². The van der Waals surface area contributed by atoms with Gasteiger partial charge in [0.2, 0.25) is 0 Å². The number of anilines is 1. The molecule has 0 aliphatic carbocycles. The van der Waals surface area contributed by atoms with Crippen molar-refractivity contribution in [2.45, 2.75) is 20.3 Å². The zero-order valence-corrected chi connectivity index (χ0v) is 9.99. The SMILES string of the molecule is CCc1nc(-c2ccc(C)cc2)c(N)n1C. The first-order chi connectivity index (χ1) is 7.63. The molecule has 0 amide bonds. The summed E-state index contributed by atoms with van der Waals surface area (Å²) in [6.07, 6.45) is 0.895. The van der Waals surface area contributed by atoms with Crippen molar-refractivity contribution in [3.05, 3.63) is 35.7 Å². The van der Waals surface area contributed by atoms with Crippen LogP contribution in [0, 0.1) is 6.92 Å². The number of aromatic nitrogens is 2. The molecule has 3 nitrogen and oxygen atoms in total. The number of benzene rings is 1. The maximum atomic E-state index is 6.05. The molecular formula is C13H17N3. The summed E-state index contributed by atoms with van der Waals surface area (Å²) in [5.74, 6) is 1.76. The predicted octanol–water partition coefficient (Wildman–Crippen LogP) is 2.54. The second-order valence-corrected chi connectivity index (χ2v) is 4.04. The first-order valence-electron chi connectivity index (χ1n) is 5.51. The van der Waals surface area contributed by atoms with Crippen molar-refractivity contribution < 1.29 is 0 Å². The molecule has 0 radical (unpaired) electrons. The van der Waals surface area contributed by atoms with Crippen LogP contribution in [-0.2, 0) is 13.5 Å². The minimum atomic E-state index is 0.737. The van der Waals surface area contributed by atoms with E-state index >= 15 is 0 Å². The standard InChI is InChI=1S/C13H17N3/c1-4-11-15-12(13(14)16(11)3)10-7-5-9(2)6-8-10/h5-8H,4,14H2,1-3H3. The smallest absolute Gasteiger partial charge is 0.131 e. The zero-order valence-electron chi connectivity index (χ0n) is 9.99. The van der Waals surface area contributed by atoms with Gasteiger partial charge in [-0.15, -0.1) is 0 Å². The van der Waals surface area contributed by atoms with E-state index in [2.05, 4.69) is 43.1 Å². The van der Waals surface area contributed by atoms with E-state index < -0.39 is 0 Å². The largest absolute Gasteiger partial charge is 0.383 e. The fraction of sp³-hybridized carbons (Fsp3) is 0.308. The lowest BCUT2D eigenvalue weighted by Gasteiger charge is -2.01. The number of rotatable bonds is 2. The number of nitrogens with two attached hydrogens (primary N) is 1.